The maximum atomic E-state index is 12.7. The van der Waals surface area contributed by atoms with Gasteiger partial charge < -0.3 is 15.7 Å². The Bertz CT molecular complexity index is 905. The van der Waals surface area contributed by atoms with Gasteiger partial charge in [0.2, 0.25) is 5.91 Å². The van der Waals surface area contributed by atoms with Gasteiger partial charge in [0.1, 0.15) is 0 Å². The second kappa shape index (κ2) is 9.52. The Morgan fingerprint density at radius 2 is 1.67 bits per heavy atom. The zero-order valence-electron chi connectivity index (χ0n) is 17.5. The van der Waals surface area contributed by atoms with Gasteiger partial charge in [-0.3, -0.25) is 4.79 Å². The first kappa shape index (κ1) is 22.2. The van der Waals surface area contributed by atoms with Gasteiger partial charge in [0.05, 0.1) is 11.5 Å². The highest BCUT2D eigenvalue weighted by atomic mass is 35.5. The smallest absolute Gasteiger partial charge is 0.335 e. The summed E-state index contributed by atoms with van der Waals surface area (Å²) in [7, 11) is 0. The fraction of sp³-hybridized carbons (Fsp3) is 0.417. The minimum Gasteiger partial charge on any atom is -0.478 e. The third-order valence-electron chi connectivity index (χ3n) is 5.95. The van der Waals surface area contributed by atoms with Gasteiger partial charge in [0.25, 0.3) is 0 Å². The highest BCUT2D eigenvalue weighted by Gasteiger charge is 2.34. The molecule has 0 aromatic heterocycles. The summed E-state index contributed by atoms with van der Waals surface area (Å²) in [6.07, 6.45) is 3.52. The number of anilines is 1. The SMILES string of the molecule is CC(C)C(c1cc(Cl)ccc1N1CCCCC1)C(C(N)=O)c1ccc(C(=O)O)cc1. The second-order valence-corrected chi connectivity index (χ2v) is 8.76. The van der Waals surface area contributed by atoms with E-state index in [0.717, 1.165) is 42.7 Å². The lowest BCUT2D eigenvalue weighted by Crippen LogP contribution is -2.33. The first-order valence-electron chi connectivity index (χ1n) is 10.5. The van der Waals surface area contributed by atoms with E-state index in [4.69, 9.17) is 17.3 Å². The summed E-state index contributed by atoms with van der Waals surface area (Å²) in [6, 6.07) is 12.3. The summed E-state index contributed by atoms with van der Waals surface area (Å²) in [5, 5.41) is 9.82. The van der Waals surface area contributed by atoms with Crippen LogP contribution in [0.4, 0.5) is 5.69 Å². The third-order valence-corrected chi connectivity index (χ3v) is 6.18. The maximum Gasteiger partial charge on any atom is 0.335 e. The minimum atomic E-state index is -1.00. The molecule has 1 heterocycles. The topological polar surface area (TPSA) is 83.6 Å². The Morgan fingerprint density at radius 3 is 2.20 bits per heavy atom. The van der Waals surface area contributed by atoms with Crippen molar-refractivity contribution in [1.29, 1.82) is 0 Å². The van der Waals surface area contributed by atoms with Crippen molar-refractivity contribution < 1.29 is 14.7 Å². The average molecular weight is 429 g/mol. The van der Waals surface area contributed by atoms with E-state index in [9.17, 15) is 14.7 Å². The molecule has 1 fully saturated rings. The number of halogens is 1. The molecule has 2 unspecified atom stereocenters. The Labute approximate surface area is 182 Å². The number of piperidine rings is 1. The molecule has 3 rings (SSSR count). The van der Waals surface area contributed by atoms with Crippen LogP contribution in [0.1, 0.15) is 66.4 Å². The predicted octanol–water partition coefficient (Wildman–Crippen LogP) is 5.04. The van der Waals surface area contributed by atoms with Crippen LogP contribution in [0.25, 0.3) is 0 Å². The van der Waals surface area contributed by atoms with Crippen LogP contribution >= 0.6 is 11.6 Å². The summed E-state index contributed by atoms with van der Waals surface area (Å²) >= 11 is 6.39. The number of primary amides is 1. The van der Waals surface area contributed by atoms with Crippen LogP contribution < -0.4 is 10.6 Å². The highest BCUT2D eigenvalue weighted by molar-refractivity contribution is 6.30. The number of hydrogen-bond donors (Lipinski definition) is 2. The van der Waals surface area contributed by atoms with Crippen LogP contribution in [0, 0.1) is 5.92 Å². The first-order chi connectivity index (χ1) is 14.3. The van der Waals surface area contributed by atoms with Crippen molar-refractivity contribution >= 4 is 29.2 Å². The molecule has 1 aliphatic rings. The monoisotopic (exact) mass is 428 g/mol. The van der Waals surface area contributed by atoms with E-state index in [1.165, 1.54) is 18.6 Å². The van der Waals surface area contributed by atoms with Crippen molar-refractivity contribution in [3.63, 3.8) is 0 Å². The van der Waals surface area contributed by atoms with Gasteiger partial charge in [-0.05, 0) is 66.6 Å². The first-order valence-corrected chi connectivity index (χ1v) is 10.8. The highest BCUT2D eigenvalue weighted by Crippen LogP contribution is 2.44. The molecule has 3 N–H and O–H groups in total. The number of amides is 1. The molecule has 1 amide bonds. The molecule has 0 bridgehead atoms. The Balaban J connectivity index is 2.10. The van der Waals surface area contributed by atoms with E-state index in [1.807, 2.05) is 18.2 Å². The van der Waals surface area contributed by atoms with Crippen molar-refractivity contribution in [2.45, 2.75) is 44.9 Å². The van der Waals surface area contributed by atoms with Crippen molar-refractivity contribution in [2.75, 3.05) is 18.0 Å². The van der Waals surface area contributed by atoms with Crippen LogP contribution in [0.3, 0.4) is 0 Å². The molecule has 1 aliphatic heterocycles. The normalized spacial score (nSPS) is 16.3. The number of carboxylic acids is 1. The quantitative estimate of drug-likeness (QED) is 0.647. The number of nitrogens with two attached hydrogens (primary N) is 1. The van der Waals surface area contributed by atoms with E-state index in [-0.39, 0.29) is 17.4 Å². The summed E-state index contributed by atoms with van der Waals surface area (Å²) in [6.45, 7) is 6.11. The summed E-state index contributed by atoms with van der Waals surface area (Å²) in [5.74, 6) is -2.09. The fourth-order valence-electron chi connectivity index (χ4n) is 4.52. The summed E-state index contributed by atoms with van der Waals surface area (Å²) in [4.78, 5) is 26.3. The van der Waals surface area contributed by atoms with Crippen LogP contribution in [-0.2, 0) is 4.79 Å². The predicted molar refractivity (Wildman–Crippen MR) is 120 cm³/mol. The largest absolute Gasteiger partial charge is 0.478 e. The summed E-state index contributed by atoms with van der Waals surface area (Å²) < 4.78 is 0. The second-order valence-electron chi connectivity index (χ2n) is 8.33. The van der Waals surface area contributed by atoms with E-state index in [1.54, 1.807) is 12.1 Å². The van der Waals surface area contributed by atoms with Crippen LogP contribution in [0.15, 0.2) is 42.5 Å². The number of nitrogens with zero attached hydrogens (tertiary/aromatic N) is 1. The van der Waals surface area contributed by atoms with Gasteiger partial charge >= 0.3 is 5.97 Å². The third kappa shape index (κ3) is 4.78. The Morgan fingerprint density at radius 1 is 1.03 bits per heavy atom. The van der Waals surface area contributed by atoms with Crippen LogP contribution in [0.5, 0.6) is 0 Å². The number of rotatable bonds is 7. The van der Waals surface area contributed by atoms with Crippen molar-refractivity contribution in [2.24, 2.45) is 11.7 Å². The molecule has 160 valence electrons. The number of aromatic carboxylic acids is 1. The lowest BCUT2D eigenvalue weighted by Gasteiger charge is -2.36. The minimum absolute atomic E-state index is 0.114. The van der Waals surface area contributed by atoms with E-state index in [2.05, 4.69) is 18.7 Å². The molecule has 2 aromatic carbocycles. The molecule has 5 nitrogen and oxygen atoms in total. The van der Waals surface area contributed by atoms with E-state index >= 15 is 0 Å². The number of hydrogen-bond acceptors (Lipinski definition) is 3. The number of carbonyl (C=O) groups is 2. The zero-order chi connectivity index (χ0) is 21.8. The van der Waals surface area contributed by atoms with Crippen LogP contribution in [-0.4, -0.2) is 30.1 Å². The molecule has 0 radical (unpaired) electrons. The van der Waals surface area contributed by atoms with Gasteiger partial charge in [-0.25, -0.2) is 4.79 Å². The van der Waals surface area contributed by atoms with Crippen molar-refractivity contribution in [1.82, 2.24) is 0 Å². The number of benzene rings is 2. The van der Waals surface area contributed by atoms with Crippen molar-refractivity contribution in [3.05, 3.63) is 64.2 Å². The van der Waals surface area contributed by atoms with E-state index < -0.39 is 17.8 Å². The van der Waals surface area contributed by atoms with Crippen molar-refractivity contribution in [3.8, 4) is 0 Å². The molecule has 0 saturated carbocycles. The van der Waals surface area contributed by atoms with Gasteiger partial charge in [-0.15, -0.1) is 0 Å². The Hall–Kier alpha value is -2.53. The number of carbonyl (C=O) groups excluding carboxylic acids is 1. The lowest BCUT2D eigenvalue weighted by atomic mass is 9.74. The zero-order valence-corrected chi connectivity index (χ0v) is 18.2. The lowest BCUT2D eigenvalue weighted by molar-refractivity contribution is -0.120. The molecule has 2 aromatic rings. The summed E-state index contributed by atoms with van der Waals surface area (Å²) in [5.41, 5.74) is 8.93. The molecular formula is C24H29ClN2O3. The number of carboxylic acid groups (broad SMARTS) is 1. The van der Waals surface area contributed by atoms with Gasteiger partial charge in [0, 0.05) is 29.7 Å². The average Bonchev–Trinajstić information content (AvgIpc) is 2.72. The molecule has 30 heavy (non-hydrogen) atoms. The molecule has 1 saturated heterocycles. The Kier molecular flexibility index (Phi) is 7.03. The van der Waals surface area contributed by atoms with Gasteiger partial charge in [0.15, 0.2) is 0 Å². The van der Waals surface area contributed by atoms with Crippen LogP contribution in [0.2, 0.25) is 5.02 Å². The standard InChI is InChI=1S/C24H29ClN2O3/c1-15(2)21(22(23(26)28)16-6-8-17(9-7-16)24(29)30)19-14-18(25)10-11-20(19)27-12-4-3-5-13-27/h6-11,14-15,21-22H,3-5,12-13H2,1-2H3,(H2,26,28)(H,29,30). The van der Waals surface area contributed by atoms with E-state index in [0.29, 0.717) is 5.02 Å². The maximum absolute atomic E-state index is 12.7. The molecule has 0 spiro atoms. The fourth-order valence-corrected chi connectivity index (χ4v) is 4.70. The van der Waals surface area contributed by atoms with Gasteiger partial charge in [-0.1, -0.05) is 37.6 Å². The van der Waals surface area contributed by atoms with Gasteiger partial charge in [-0.2, -0.15) is 0 Å². The molecule has 0 aliphatic carbocycles. The molecular weight excluding hydrogens is 400 g/mol. The molecule has 6 heteroatoms. The molecule has 2 atom stereocenters.